The molecule has 2 aromatic rings. The molecule has 0 bridgehead atoms. The van der Waals surface area contributed by atoms with Crippen LogP contribution in [0.5, 0.6) is 0 Å². The normalized spacial score (nSPS) is 20.5. The number of aromatic nitrogens is 2. The Bertz CT molecular complexity index is 889. The Morgan fingerprint density at radius 2 is 2.11 bits per heavy atom. The molecule has 1 atom stereocenters. The number of hydrogen-bond acceptors (Lipinski definition) is 4. The summed E-state index contributed by atoms with van der Waals surface area (Å²) in [7, 11) is 1.93. The van der Waals surface area contributed by atoms with Gasteiger partial charge in [0.1, 0.15) is 5.00 Å². The average Bonchev–Trinajstić information content (AvgIpc) is 3.20. The number of hydrogen-bond donors (Lipinski definition) is 1. The van der Waals surface area contributed by atoms with E-state index in [4.69, 9.17) is 4.99 Å². The molecule has 28 heavy (non-hydrogen) atoms. The zero-order valence-electron chi connectivity index (χ0n) is 17.1. The standard InChI is InChI=1S/C22H30N4OS/c1-14-9-10-18-19(11-14)28-22(23-12-16-13-24-26(3)15(16)2)20(18)21(27)25-17-7-5-4-6-8-17/h12-14,17H,4-11H2,1-3H3,(H,25,27)/t14-/m0/s1. The molecule has 4 rings (SSSR count). The van der Waals surface area contributed by atoms with E-state index in [-0.39, 0.29) is 5.91 Å². The van der Waals surface area contributed by atoms with Crippen LogP contribution in [0.4, 0.5) is 5.00 Å². The molecule has 0 radical (unpaired) electrons. The van der Waals surface area contributed by atoms with Crippen molar-refractivity contribution in [2.75, 3.05) is 0 Å². The van der Waals surface area contributed by atoms with E-state index in [1.807, 2.05) is 31.1 Å². The van der Waals surface area contributed by atoms with Crippen LogP contribution >= 0.6 is 11.3 Å². The second-order valence-corrected chi connectivity index (χ2v) is 9.49. The number of nitrogens with one attached hydrogen (secondary N) is 1. The Morgan fingerprint density at radius 3 is 2.82 bits per heavy atom. The van der Waals surface area contributed by atoms with Gasteiger partial charge in [0, 0.05) is 35.4 Å². The van der Waals surface area contributed by atoms with Gasteiger partial charge in [-0.15, -0.1) is 11.3 Å². The van der Waals surface area contributed by atoms with E-state index in [1.165, 1.54) is 29.7 Å². The summed E-state index contributed by atoms with van der Waals surface area (Å²) < 4.78 is 1.85. The maximum absolute atomic E-state index is 13.2. The van der Waals surface area contributed by atoms with Crippen molar-refractivity contribution in [2.45, 2.75) is 71.3 Å². The molecule has 1 amide bonds. The SMILES string of the molecule is Cc1c(C=Nc2sc3c(c2C(=O)NC2CCCCC2)CC[C@H](C)C3)cnn1C. The van der Waals surface area contributed by atoms with Crippen molar-refractivity contribution in [2.24, 2.45) is 18.0 Å². The molecule has 2 aliphatic carbocycles. The van der Waals surface area contributed by atoms with Crippen LogP contribution in [0.2, 0.25) is 0 Å². The van der Waals surface area contributed by atoms with Crippen molar-refractivity contribution >= 4 is 28.5 Å². The van der Waals surface area contributed by atoms with Crippen LogP contribution in [0.3, 0.4) is 0 Å². The van der Waals surface area contributed by atoms with E-state index < -0.39 is 0 Å². The number of aryl methyl sites for hydroxylation is 1. The summed E-state index contributed by atoms with van der Waals surface area (Å²) in [6, 6.07) is 0.316. The molecule has 6 heteroatoms. The third kappa shape index (κ3) is 3.93. The number of aliphatic imine (C=N–C) groups is 1. The summed E-state index contributed by atoms with van der Waals surface area (Å²) in [5.74, 6) is 0.756. The van der Waals surface area contributed by atoms with Crippen molar-refractivity contribution in [3.8, 4) is 0 Å². The van der Waals surface area contributed by atoms with E-state index >= 15 is 0 Å². The van der Waals surface area contributed by atoms with Gasteiger partial charge in [-0.05, 0) is 50.5 Å². The predicted molar refractivity (Wildman–Crippen MR) is 115 cm³/mol. The number of carbonyl (C=O) groups excluding carboxylic acids is 1. The molecule has 0 aliphatic heterocycles. The molecular weight excluding hydrogens is 368 g/mol. The molecular formula is C22H30N4OS. The molecule has 5 nitrogen and oxygen atoms in total. The van der Waals surface area contributed by atoms with Crippen LogP contribution in [0, 0.1) is 12.8 Å². The number of rotatable bonds is 4. The minimum absolute atomic E-state index is 0.0778. The van der Waals surface area contributed by atoms with E-state index in [0.717, 1.165) is 53.9 Å². The smallest absolute Gasteiger partial charge is 0.254 e. The van der Waals surface area contributed by atoms with Crippen LogP contribution in [0.25, 0.3) is 0 Å². The summed E-state index contributed by atoms with van der Waals surface area (Å²) >= 11 is 1.70. The molecule has 2 aliphatic rings. The fourth-order valence-corrected chi connectivity index (χ4v) is 5.69. The van der Waals surface area contributed by atoms with Crippen molar-refractivity contribution in [3.63, 3.8) is 0 Å². The summed E-state index contributed by atoms with van der Waals surface area (Å²) in [5.41, 5.74) is 4.15. The highest BCUT2D eigenvalue weighted by molar-refractivity contribution is 7.16. The molecule has 0 spiro atoms. The maximum atomic E-state index is 13.2. The topological polar surface area (TPSA) is 59.3 Å². The number of amides is 1. The Kier molecular flexibility index (Phi) is 5.67. The first-order chi connectivity index (χ1) is 13.5. The lowest BCUT2D eigenvalue weighted by Gasteiger charge is -2.23. The summed E-state index contributed by atoms with van der Waals surface area (Å²) in [5, 5.41) is 8.46. The molecule has 1 N–H and O–H groups in total. The lowest BCUT2D eigenvalue weighted by Crippen LogP contribution is -2.36. The van der Waals surface area contributed by atoms with Gasteiger partial charge in [-0.1, -0.05) is 26.2 Å². The van der Waals surface area contributed by atoms with Gasteiger partial charge in [0.2, 0.25) is 0 Å². The van der Waals surface area contributed by atoms with Gasteiger partial charge >= 0.3 is 0 Å². The minimum atomic E-state index is 0.0778. The second-order valence-electron chi connectivity index (χ2n) is 8.41. The van der Waals surface area contributed by atoms with E-state index in [9.17, 15) is 4.79 Å². The van der Waals surface area contributed by atoms with Gasteiger partial charge in [0.25, 0.3) is 5.91 Å². The highest BCUT2D eigenvalue weighted by Gasteiger charge is 2.28. The van der Waals surface area contributed by atoms with Gasteiger partial charge in [0.05, 0.1) is 11.8 Å². The molecule has 1 saturated carbocycles. The lowest BCUT2D eigenvalue weighted by molar-refractivity contribution is 0.0927. The first-order valence-corrected chi connectivity index (χ1v) is 11.3. The van der Waals surface area contributed by atoms with Crippen LogP contribution in [-0.2, 0) is 19.9 Å². The van der Waals surface area contributed by atoms with Crippen molar-refractivity contribution in [1.29, 1.82) is 0 Å². The van der Waals surface area contributed by atoms with Gasteiger partial charge in [-0.2, -0.15) is 5.10 Å². The van der Waals surface area contributed by atoms with E-state index in [1.54, 1.807) is 11.3 Å². The van der Waals surface area contributed by atoms with E-state index in [0.29, 0.717) is 12.0 Å². The van der Waals surface area contributed by atoms with Gasteiger partial charge in [0.15, 0.2) is 0 Å². The number of carbonyl (C=O) groups is 1. The fraction of sp³-hybridized carbons (Fsp3) is 0.591. The Hall–Kier alpha value is -1.95. The van der Waals surface area contributed by atoms with Gasteiger partial charge in [-0.3, -0.25) is 9.48 Å². The quantitative estimate of drug-likeness (QED) is 0.757. The first-order valence-electron chi connectivity index (χ1n) is 10.5. The first kappa shape index (κ1) is 19.4. The minimum Gasteiger partial charge on any atom is -0.349 e. The van der Waals surface area contributed by atoms with E-state index in [2.05, 4.69) is 17.3 Å². The lowest BCUT2D eigenvalue weighted by atomic mass is 9.88. The number of nitrogens with zero attached hydrogens (tertiary/aromatic N) is 3. The molecule has 0 aromatic carbocycles. The van der Waals surface area contributed by atoms with Gasteiger partial charge < -0.3 is 5.32 Å². The Balaban J connectivity index is 1.64. The zero-order chi connectivity index (χ0) is 19.7. The van der Waals surface area contributed by atoms with Crippen LogP contribution in [-0.4, -0.2) is 27.9 Å². The van der Waals surface area contributed by atoms with Crippen LogP contribution in [0.15, 0.2) is 11.2 Å². The predicted octanol–water partition coefficient (Wildman–Crippen LogP) is 4.73. The second kappa shape index (κ2) is 8.19. The molecule has 0 unspecified atom stereocenters. The fourth-order valence-electron chi connectivity index (χ4n) is 4.34. The average molecular weight is 399 g/mol. The monoisotopic (exact) mass is 398 g/mol. The largest absolute Gasteiger partial charge is 0.349 e. The highest BCUT2D eigenvalue weighted by atomic mass is 32.1. The summed E-state index contributed by atoms with van der Waals surface area (Å²) in [6.07, 6.45) is 12.8. The number of fused-ring (bicyclic) bond motifs is 1. The third-order valence-electron chi connectivity index (χ3n) is 6.25. The summed E-state index contributed by atoms with van der Waals surface area (Å²) in [6.45, 7) is 4.33. The highest BCUT2D eigenvalue weighted by Crippen LogP contribution is 2.41. The van der Waals surface area contributed by atoms with Crippen molar-refractivity contribution in [3.05, 3.63) is 33.5 Å². The van der Waals surface area contributed by atoms with Crippen LogP contribution < -0.4 is 5.32 Å². The van der Waals surface area contributed by atoms with Crippen molar-refractivity contribution < 1.29 is 4.79 Å². The van der Waals surface area contributed by atoms with Gasteiger partial charge in [-0.25, -0.2) is 4.99 Å². The van der Waals surface area contributed by atoms with Crippen molar-refractivity contribution in [1.82, 2.24) is 15.1 Å². The molecule has 0 saturated heterocycles. The Labute approximate surface area is 171 Å². The Morgan fingerprint density at radius 1 is 1.32 bits per heavy atom. The third-order valence-corrected chi connectivity index (χ3v) is 7.42. The molecule has 2 aromatic heterocycles. The number of thiophene rings is 1. The molecule has 1 fully saturated rings. The molecule has 150 valence electrons. The summed E-state index contributed by atoms with van der Waals surface area (Å²) in [4.78, 5) is 19.4. The molecule has 2 heterocycles. The van der Waals surface area contributed by atoms with Crippen LogP contribution in [0.1, 0.15) is 77.5 Å². The zero-order valence-corrected chi connectivity index (χ0v) is 17.9. The maximum Gasteiger partial charge on any atom is 0.254 e.